The van der Waals surface area contributed by atoms with Gasteiger partial charge in [0, 0.05) is 18.1 Å². The normalized spacial score (nSPS) is 11.3. The molecule has 2 aromatic heterocycles. The first-order valence-corrected chi connectivity index (χ1v) is 8.89. The summed E-state index contributed by atoms with van der Waals surface area (Å²) in [5, 5.41) is 8.12. The monoisotopic (exact) mass is 401 g/mol. The van der Waals surface area contributed by atoms with E-state index in [0.717, 1.165) is 26.8 Å². The Balaban J connectivity index is 1.84. The lowest BCUT2D eigenvalue weighted by Gasteiger charge is -2.16. The van der Waals surface area contributed by atoms with Crippen LogP contribution < -0.4 is 0 Å². The lowest BCUT2D eigenvalue weighted by Crippen LogP contribution is -2.28. The number of aromatic amines is 1. The zero-order chi connectivity index (χ0) is 18.1. The molecule has 0 unspecified atom stereocenters. The number of fused-ring (bicyclic) bond motifs is 1. The topological polar surface area (TPSA) is 74.8 Å². The second-order valence-electron chi connectivity index (χ2n) is 6.36. The van der Waals surface area contributed by atoms with Gasteiger partial charge in [0.05, 0.1) is 22.2 Å². The molecule has 25 heavy (non-hydrogen) atoms. The fourth-order valence-electron chi connectivity index (χ4n) is 2.70. The number of aryl methyl sites for hydroxylation is 1. The summed E-state index contributed by atoms with van der Waals surface area (Å²) in [6, 6.07) is 7.86. The van der Waals surface area contributed by atoms with E-state index in [1.54, 1.807) is 11.9 Å². The molecular formula is C18H20BrN5O. The van der Waals surface area contributed by atoms with Gasteiger partial charge < -0.3 is 4.90 Å². The van der Waals surface area contributed by atoms with Crippen LogP contribution in [0.4, 0.5) is 0 Å². The Morgan fingerprint density at radius 1 is 1.28 bits per heavy atom. The van der Waals surface area contributed by atoms with Crippen molar-refractivity contribution in [2.24, 2.45) is 0 Å². The van der Waals surface area contributed by atoms with E-state index in [2.05, 4.69) is 36.1 Å². The first-order chi connectivity index (χ1) is 11.9. The fourth-order valence-corrected chi connectivity index (χ4v) is 3.50. The van der Waals surface area contributed by atoms with E-state index in [4.69, 9.17) is 0 Å². The first kappa shape index (κ1) is 17.5. The minimum absolute atomic E-state index is 0.176. The zero-order valence-corrected chi connectivity index (χ0v) is 16.3. The van der Waals surface area contributed by atoms with Crippen molar-refractivity contribution in [3.8, 4) is 0 Å². The Morgan fingerprint density at radius 2 is 2.00 bits per heavy atom. The van der Waals surface area contributed by atoms with Crippen LogP contribution in [0.5, 0.6) is 0 Å². The molecule has 0 bridgehead atoms. The number of carbonyl (C=O) groups is 1. The number of nitrogens with one attached hydrogen (secondary N) is 1. The molecule has 3 rings (SSSR count). The molecule has 0 radical (unpaired) electrons. The lowest BCUT2D eigenvalue weighted by atomic mass is 10.1. The number of benzene rings is 1. The Kier molecular flexibility index (Phi) is 4.85. The molecule has 1 N–H and O–H groups in total. The molecule has 0 saturated carbocycles. The van der Waals surface area contributed by atoms with Crippen LogP contribution in [0.1, 0.15) is 47.5 Å². The predicted octanol–water partition coefficient (Wildman–Crippen LogP) is 3.82. The molecule has 1 aromatic carbocycles. The van der Waals surface area contributed by atoms with E-state index in [0.29, 0.717) is 18.1 Å². The number of amides is 1. The molecule has 0 aliphatic heterocycles. The van der Waals surface area contributed by atoms with Gasteiger partial charge in [-0.25, -0.2) is 9.97 Å². The number of nitrogens with zero attached hydrogens (tertiary/aromatic N) is 4. The van der Waals surface area contributed by atoms with Crippen LogP contribution >= 0.6 is 15.9 Å². The van der Waals surface area contributed by atoms with Crippen LogP contribution in [-0.4, -0.2) is 38.0 Å². The maximum Gasteiger partial charge on any atom is 0.275 e. The summed E-state index contributed by atoms with van der Waals surface area (Å²) < 4.78 is 0.718. The average molecular weight is 402 g/mol. The molecule has 0 saturated heterocycles. The van der Waals surface area contributed by atoms with Crippen molar-refractivity contribution in [3.05, 3.63) is 51.6 Å². The Hall–Kier alpha value is -2.28. The van der Waals surface area contributed by atoms with E-state index in [1.165, 1.54) is 0 Å². The smallest absolute Gasteiger partial charge is 0.275 e. The van der Waals surface area contributed by atoms with Crippen molar-refractivity contribution in [3.63, 3.8) is 0 Å². The second-order valence-corrected chi connectivity index (χ2v) is 7.15. The van der Waals surface area contributed by atoms with Crippen LogP contribution in [0, 0.1) is 6.92 Å². The SMILES string of the molecule is Cc1nc(CN(C)C(=O)c2n[nH]c(C(C)C)c2Br)nc2ccccc12. The first-order valence-electron chi connectivity index (χ1n) is 8.10. The zero-order valence-electron chi connectivity index (χ0n) is 14.7. The summed E-state index contributed by atoms with van der Waals surface area (Å²) in [5.74, 6) is 0.687. The molecular weight excluding hydrogens is 382 g/mol. The standard InChI is InChI=1S/C18H20BrN5O/c1-10(2)16-15(19)17(23-22-16)18(25)24(4)9-14-20-11(3)12-7-5-6-8-13(12)21-14/h5-8,10H,9H2,1-4H3,(H,22,23). The minimum Gasteiger partial charge on any atom is -0.333 e. The van der Waals surface area contributed by atoms with E-state index in [-0.39, 0.29) is 11.8 Å². The Bertz CT molecular complexity index is 934. The quantitative estimate of drug-likeness (QED) is 0.720. The summed E-state index contributed by atoms with van der Waals surface area (Å²) >= 11 is 3.48. The number of halogens is 1. The summed E-state index contributed by atoms with van der Waals surface area (Å²) in [5.41, 5.74) is 3.08. The van der Waals surface area contributed by atoms with Crippen LogP contribution in [-0.2, 0) is 6.54 Å². The molecule has 0 spiro atoms. The van der Waals surface area contributed by atoms with Crippen LogP contribution in [0.15, 0.2) is 28.7 Å². The Morgan fingerprint density at radius 3 is 2.68 bits per heavy atom. The number of rotatable bonds is 4. The molecule has 3 aromatic rings. The molecule has 130 valence electrons. The highest BCUT2D eigenvalue weighted by atomic mass is 79.9. The van der Waals surface area contributed by atoms with Crippen molar-refractivity contribution in [2.45, 2.75) is 33.2 Å². The molecule has 6 nitrogen and oxygen atoms in total. The van der Waals surface area contributed by atoms with Gasteiger partial charge in [-0.1, -0.05) is 32.0 Å². The van der Waals surface area contributed by atoms with E-state index in [1.807, 2.05) is 45.0 Å². The van der Waals surface area contributed by atoms with Crippen molar-refractivity contribution < 1.29 is 4.79 Å². The van der Waals surface area contributed by atoms with Crippen molar-refractivity contribution in [1.82, 2.24) is 25.1 Å². The number of hydrogen-bond donors (Lipinski definition) is 1. The average Bonchev–Trinajstić information content (AvgIpc) is 2.96. The van der Waals surface area contributed by atoms with Gasteiger partial charge in [0.2, 0.25) is 0 Å². The highest BCUT2D eigenvalue weighted by Crippen LogP contribution is 2.26. The van der Waals surface area contributed by atoms with Gasteiger partial charge >= 0.3 is 0 Å². The number of hydrogen-bond acceptors (Lipinski definition) is 4. The van der Waals surface area contributed by atoms with Gasteiger partial charge in [0.1, 0.15) is 5.82 Å². The molecule has 7 heteroatoms. The van der Waals surface area contributed by atoms with Gasteiger partial charge in [-0.05, 0) is 34.8 Å². The maximum atomic E-state index is 12.7. The van der Waals surface area contributed by atoms with Gasteiger partial charge in [-0.2, -0.15) is 5.10 Å². The van der Waals surface area contributed by atoms with Gasteiger partial charge in [-0.3, -0.25) is 9.89 Å². The Labute approximate surface area is 154 Å². The van der Waals surface area contributed by atoms with E-state index >= 15 is 0 Å². The fraction of sp³-hybridized carbons (Fsp3) is 0.333. The molecule has 0 aliphatic carbocycles. The summed E-state index contributed by atoms with van der Waals surface area (Å²) in [7, 11) is 1.73. The van der Waals surface area contributed by atoms with Crippen molar-refractivity contribution in [2.75, 3.05) is 7.05 Å². The van der Waals surface area contributed by atoms with E-state index < -0.39 is 0 Å². The van der Waals surface area contributed by atoms with Gasteiger partial charge in [-0.15, -0.1) is 0 Å². The summed E-state index contributed by atoms with van der Waals surface area (Å²) in [6.45, 7) is 6.36. The van der Waals surface area contributed by atoms with Crippen LogP contribution in [0.25, 0.3) is 10.9 Å². The molecule has 0 aliphatic rings. The van der Waals surface area contributed by atoms with Crippen LogP contribution in [0.3, 0.4) is 0 Å². The number of para-hydroxylation sites is 1. The lowest BCUT2D eigenvalue weighted by molar-refractivity contribution is 0.0775. The molecule has 0 atom stereocenters. The minimum atomic E-state index is -0.176. The van der Waals surface area contributed by atoms with Crippen LogP contribution in [0.2, 0.25) is 0 Å². The van der Waals surface area contributed by atoms with Crippen molar-refractivity contribution >= 4 is 32.7 Å². The summed E-state index contributed by atoms with van der Waals surface area (Å²) in [6.07, 6.45) is 0. The maximum absolute atomic E-state index is 12.7. The van der Waals surface area contributed by atoms with Crippen molar-refractivity contribution in [1.29, 1.82) is 0 Å². The third kappa shape index (κ3) is 3.42. The summed E-state index contributed by atoms with van der Waals surface area (Å²) in [4.78, 5) is 23.4. The molecule has 0 fully saturated rings. The third-order valence-electron chi connectivity index (χ3n) is 4.08. The molecule has 2 heterocycles. The highest BCUT2D eigenvalue weighted by Gasteiger charge is 2.23. The van der Waals surface area contributed by atoms with E-state index in [9.17, 15) is 4.79 Å². The van der Waals surface area contributed by atoms with Gasteiger partial charge in [0.25, 0.3) is 5.91 Å². The number of aromatic nitrogens is 4. The highest BCUT2D eigenvalue weighted by molar-refractivity contribution is 9.10. The largest absolute Gasteiger partial charge is 0.333 e. The third-order valence-corrected chi connectivity index (χ3v) is 4.88. The molecule has 1 amide bonds. The number of H-pyrrole nitrogens is 1. The predicted molar refractivity (Wildman–Crippen MR) is 100 cm³/mol. The van der Waals surface area contributed by atoms with Gasteiger partial charge in [0.15, 0.2) is 5.69 Å². The second kappa shape index (κ2) is 6.92. The number of carbonyl (C=O) groups excluding carboxylic acids is 1.